The lowest BCUT2D eigenvalue weighted by Gasteiger charge is -2.12. The minimum atomic E-state index is -0.0613. The quantitative estimate of drug-likeness (QED) is 0.746. The summed E-state index contributed by atoms with van der Waals surface area (Å²) in [7, 11) is 1.58. The Morgan fingerprint density at radius 1 is 1.06 bits per heavy atom. The molecule has 0 radical (unpaired) electrons. The Morgan fingerprint density at radius 3 is 2.33 bits per heavy atom. The number of benzene rings is 2. The van der Waals surface area contributed by atoms with Gasteiger partial charge in [0.15, 0.2) is 8.46 Å². The van der Waals surface area contributed by atoms with E-state index in [1.807, 2.05) is 48.5 Å². The topological polar surface area (TPSA) is 26.3 Å². The first kappa shape index (κ1) is 12.5. The van der Waals surface area contributed by atoms with Gasteiger partial charge in [0.05, 0.1) is 7.11 Å². The van der Waals surface area contributed by atoms with E-state index >= 15 is 0 Å². The van der Waals surface area contributed by atoms with Crippen LogP contribution in [0.4, 0.5) is 0 Å². The molecule has 0 aliphatic heterocycles. The van der Waals surface area contributed by atoms with E-state index in [1.165, 1.54) is 0 Å². The summed E-state index contributed by atoms with van der Waals surface area (Å²) < 4.78 is 16.4. The van der Waals surface area contributed by atoms with Gasteiger partial charge < -0.3 is 4.74 Å². The van der Waals surface area contributed by atoms with Crippen LogP contribution in [-0.2, 0) is 4.57 Å². The second kappa shape index (κ2) is 5.61. The maximum absolute atomic E-state index is 11.0. The summed E-state index contributed by atoms with van der Waals surface area (Å²) in [6, 6.07) is 15.5. The van der Waals surface area contributed by atoms with Gasteiger partial charge in [0.25, 0.3) is 0 Å². The van der Waals surface area contributed by atoms with Crippen LogP contribution in [0, 0.1) is 0 Å². The van der Waals surface area contributed by atoms with Gasteiger partial charge in [-0.15, -0.1) is 0 Å². The first-order valence-corrected chi connectivity index (χ1v) is 6.34. The predicted octanol–water partition coefficient (Wildman–Crippen LogP) is 4.62. The lowest BCUT2D eigenvalue weighted by atomic mass is 9.99. The van der Waals surface area contributed by atoms with Gasteiger partial charge in [-0.05, 0) is 17.2 Å². The van der Waals surface area contributed by atoms with Crippen molar-refractivity contribution >= 4 is 13.8 Å². The van der Waals surface area contributed by atoms with Gasteiger partial charge in [-0.2, -0.15) is 0 Å². The van der Waals surface area contributed by atoms with Crippen molar-refractivity contribution in [2.45, 2.75) is 0 Å². The molecule has 2 aromatic carbocycles. The molecule has 2 aromatic rings. The SMILES string of the molecule is C=C(P=O)c1ccccc1-c1ccccc1OC. The highest BCUT2D eigenvalue weighted by atomic mass is 31.1. The second-order valence-corrected chi connectivity index (χ2v) is 4.51. The maximum atomic E-state index is 11.0. The van der Waals surface area contributed by atoms with E-state index in [4.69, 9.17) is 4.74 Å². The highest BCUT2D eigenvalue weighted by molar-refractivity contribution is 7.37. The molecular formula is C15H13O2P. The van der Waals surface area contributed by atoms with E-state index in [-0.39, 0.29) is 8.46 Å². The third-order valence-electron chi connectivity index (χ3n) is 2.75. The fourth-order valence-electron chi connectivity index (χ4n) is 1.89. The Bertz CT molecular complexity index is 591. The van der Waals surface area contributed by atoms with Crippen LogP contribution in [0.15, 0.2) is 55.1 Å². The molecule has 3 heteroatoms. The molecule has 0 atom stereocenters. The normalized spacial score (nSPS) is 10.3. The molecule has 90 valence electrons. The van der Waals surface area contributed by atoms with Crippen molar-refractivity contribution in [2.75, 3.05) is 7.11 Å². The molecule has 2 nitrogen and oxygen atoms in total. The number of rotatable bonds is 4. The molecule has 0 fully saturated rings. The summed E-state index contributed by atoms with van der Waals surface area (Å²) in [4.78, 5) is 0. The molecule has 0 aliphatic rings. The highest BCUT2D eigenvalue weighted by Crippen LogP contribution is 2.37. The Balaban J connectivity index is 2.64. The third kappa shape index (κ3) is 2.34. The minimum absolute atomic E-state index is 0.0613. The Kier molecular flexibility index (Phi) is 3.91. The van der Waals surface area contributed by atoms with Crippen molar-refractivity contribution in [2.24, 2.45) is 0 Å². The molecular weight excluding hydrogens is 243 g/mol. The number of hydrogen-bond acceptors (Lipinski definition) is 2. The minimum Gasteiger partial charge on any atom is -0.496 e. The molecule has 0 aromatic heterocycles. The fraction of sp³-hybridized carbons (Fsp3) is 0.0667. The molecule has 18 heavy (non-hydrogen) atoms. The zero-order chi connectivity index (χ0) is 13.0. The molecule has 0 unspecified atom stereocenters. The van der Waals surface area contributed by atoms with Gasteiger partial charge in [-0.3, -0.25) is 4.57 Å². The van der Waals surface area contributed by atoms with Crippen LogP contribution < -0.4 is 4.74 Å². The summed E-state index contributed by atoms with van der Waals surface area (Å²) in [5.41, 5.74) is 2.82. The van der Waals surface area contributed by atoms with Crippen LogP contribution in [0.3, 0.4) is 0 Å². The predicted molar refractivity (Wildman–Crippen MR) is 75.1 cm³/mol. The second-order valence-electron chi connectivity index (χ2n) is 3.78. The summed E-state index contributed by atoms with van der Waals surface area (Å²) in [5, 5.41) is 0.566. The summed E-state index contributed by atoms with van der Waals surface area (Å²) in [6.45, 7) is 3.82. The number of ether oxygens (including phenoxy) is 1. The van der Waals surface area contributed by atoms with Gasteiger partial charge in [-0.1, -0.05) is 49.0 Å². The lowest BCUT2D eigenvalue weighted by molar-refractivity contribution is 0.416. The van der Waals surface area contributed by atoms with Gasteiger partial charge in [0.1, 0.15) is 5.75 Å². The van der Waals surface area contributed by atoms with E-state index in [1.54, 1.807) is 7.11 Å². The fourth-order valence-corrected chi connectivity index (χ4v) is 2.18. The number of methoxy groups -OCH3 is 1. The van der Waals surface area contributed by atoms with E-state index in [0.29, 0.717) is 5.31 Å². The molecule has 0 heterocycles. The van der Waals surface area contributed by atoms with Gasteiger partial charge in [0.2, 0.25) is 0 Å². The molecule has 0 N–H and O–H groups in total. The standard InChI is InChI=1S/C15H13O2P/c1-11(18-16)12-7-3-4-8-13(12)14-9-5-6-10-15(14)17-2/h3-10H,1H2,2H3. The van der Waals surface area contributed by atoms with E-state index in [0.717, 1.165) is 22.4 Å². The Morgan fingerprint density at radius 2 is 1.67 bits per heavy atom. The van der Waals surface area contributed by atoms with Gasteiger partial charge in [0, 0.05) is 10.9 Å². The maximum Gasteiger partial charge on any atom is 0.192 e. The number of hydrogen-bond donors (Lipinski definition) is 0. The Hall–Kier alpha value is -1.92. The van der Waals surface area contributed by atoms with Crippen LogP contribution in [0.2, 0.25) is 0 Å². The summed E-state index contributed by atoms with van der Waals surface area (Å²) in [6.07, 6.45) is 0. The van der Waals surface area contributed by atoms with E-state index in [2.05, 4.69) is 6.58 Å². The van der Waals surface area contributed by atoms with Crippen molar-refractivity contribution in [3.8, 4) is 16.9 Å². The molecule has 0 amide bonds. The van der Waals surface area contributed by atoms with Crippen LogP contribution in [0.1, 0.15) is 5.56 Å². The largest absolute Gasteiger partial charge is 0.496 e. The Labute approximate surface area is 108 Å². The molecule has 0 aliphatic carbocycles. The van der Waals surface area contributed by atoms with Crippen LogP contribution in [0.25, 0.3) is 16.4 Å². The zero-order valence-electron chi connectivity index (χ0n) is 10.1. The third-order valence-corrected chi connectivity index (χ3v) is 3.21. The molecule has 0 saturated heterocycles. The van der Waals surface area contributed by atoms with Crippen LogP contribution in [0.5, 0.6) is 5.75 Å². The molecule has 0 spiro atoms. The summed E-state index contributed by atoms with van der Waals surface area (Å²) >= 11 is 0. The highest BCUT2D eigenvalue weighted by Gasteiger charge is 2.11. The van der Waals surface area contributed by atoms with Crippen molar-refractivity contribution in [1.82, 2.24) is 0 Å². The van der Waals surface area contributed by atoms with Crippen molar-refractivity contribution in [3.05, 3.63) is 60.7 Å². The first-order valence-electron chi connectivity index (χ1n) is 5.53. The number of para-hydroxylation sites is 1. The molecule has 2 rings (SSSR count). The first-order chi connectivity index (χ1) is 8.77. The van der Waals surface area contributed by atoms with Crippen molar-refractivity contribution in [3.63, 3.8) is 0 Å². The van der Waals surface area contributed by atoms with Gasteiger partial charge in [-0.25, -0.2) is 0 Å². The zero-order valence-corrected chi connectivity index (χ0v) is 11.0. The average molecular weight is 256 g/mol. The average Bonchev–Trinajstić information content (AvgIpc) is 2.46. The molecule has 0 bridgehead atoms. The molecule has 0 saturated carbocycles. The van der Waals surface area contributed by atoms with Crippen LogP contribution >= 0.6 is 8.46 Å². The lowest BCUT2D eigenvalue weighted by Crippen LogP contribution is -1.90. The van der Waals surface area contributed by atoms with Gasteiger partial charge >= 0.3 is 0 Å². The smallest absolute Gasteiger partial charge is 0.192 e. The summed E-state index contributed by atoms with van der Waals surface area (Å²) in [5.74, 6) is 0.792. The van der Waals surface area contributed by atoms with Crippen molar-refractivity contribution in [1.29, 1.82) is 0 Å². The van der Waals surface area contributed by atoms with E-state index in [9.17, 15) is 4.57 Å². The monoisotopic (exact) mass is 256 g/mol. The van der Waals surface area contributed by atoms with Crippen molar-refractivity contribution < 1.29 is 9.30 Å². The van der Waals surface area contributed by atoms with E-state index < -0.39 is 0 Å². The van der Waals surface area contributed by atoms with Crippen LogP contribution in [-0.4, -0.2) is 7.11 Å².